The Hall–Kier alpha value is -2.61. The van der Waals surface area contributed by atoms with Crippen molar-refractivity contribution >= 4 is 10.9 Å². The number of halogens is 6. The van der Waals surface area contributed by atoms with E-state index in [0.29, 0.717) is 0 Å². The molecule has 0 fully saturated rings. The van der Waals surface area contributed by atoms with Gasteiger partial charge in [0.05, 0.1) is 18.0 Å². The maximum Gasteiger partial charge on any atom is 0.190 e. The van der Waals surface area contributed by atoms with Crippen LogP contribution in [-0.4, -0.2) is 7.11 Å². The van der Waals surface area contributed by atoms with Gasteiger partial charge in [-0.15, -0.1) is 0 Å². The molecular weight excluding hydrogens is 390 g/mol. The third-order valence-corrected chi connectivity index (χ3v) is 5.82. The summed E-state index contributed by atoms with van der Waals surface area (Å²) in [5.74, 6) is -7.23. The third kappa shape index (κ3) is 3.75. The molecule has 0 bridgehead atoms. The van der Waals surface area contributed by atoms with E-state index in [1.807, 2.05) is 0 Å². The van der Waals surface area contributed by atoms with Gasteiger partial charge >= 0.3 is 0 Å². The van der Waals surface area contributed by atoms with Gasteiger partial charge in [-0.2, -0.15) is 0 Å². The van der Waals surface area contributed by atoms with Crippen LogP contribution in [0.1, 0.15) is 0 Å². The lowest BCUT2D eigenvalue weighted by Gasteiger charge is -2.10. The largest absolute Gasteiger partial charge is 0.491 e. The normalized spacial score (nSPS) is 11.1. The smallest absolute Gasteiger partial charge is 0.190 e. The van der Waals surface area contributed by atoms with Crippen molar-refractivity contribution in [2.45, 2.75) is 14.7 Å². The van der Waals surface area contributed by atoms with Crippen molar-refractivity contribution in [3.63, 3.8) is 0 Å². The topological polar surface area (TPSA) is 9.23 Å². The van der Waals surface area contributed by atoms with Gasteiger partial charge in [-0.3, -0.25) is 0 Å². The number of rotatable bonds is 4. The van der Waals surface area contributed by atoms with Crippen LogP contribution in [-0.2, 0) is 10.9 Å². The Morgan fingerprint density at radius 2 is 0.963 bits per heavy atom. The number of benzene rings is 3. The number of ether oxygens (including phenoxy) is 1. The summed E-state index contributed by atoms with van der Waals surface area (Å²) in [6, 6.07) is 7.72. The molecule has 0 aliphatic carbocycles. The average molecular weight is 401 g/mol. The molecule has 3 aromatic rings. The lowest BCUT2D eigenvalue weighted by molar-refractivity contribution is 0.358. The highest BCUT2D eigenvalue weighted by Gasteiger charge is 2.33. The van der Waals surface area contributed by atoms with E-state index in [2.05, 4.69) is 4.74 Å². The van der Waals surface area contributed by atoms with E-state index in [0.717, 1.165) is 43.5 Å². The lowest BCUT2D eigenvalue weighted by atomic mass is 10.3. The van der Waals surface area contributed by atoms with Crippen LogP contribution < -0.4 is 4.74 Å². The summed E-state index contributed by atoms with van der Waals surface area (Å²) in [6.45, 7) is 0. The lowest BCUT2D eigenvalue weighted by Crippen LogP contribution is -2.08. The van der Waals surface area contributed by atoms with Gasteiger partial charge in [0.2, 0.25) is 0 Å². The molecule has 3 aromatic carbocycles. The second kappa shape index (κ2) is 7.56. The molecular formula is C19H11F6OS+. The second-order valence-corrected chi connectivity index (χ2v) is 7.40. The summed E-state index contributed by atoms with van der Waals surface area (Å²) in [6.07, 6.45) is 0. The summed E-state index contributed by atoms with van der Waals surface area (Å²) in [7, 11) is -0.343. The predicted octanol–water partition coefficient (Wildman–Crippen LogP) is 5.63. The first-order valence-corrected chi connectivity index (χ1v) is 8.71. The van der Waals surface area contributed by atoms with Crippen LogP contribution in [0.15, 0.2) is 63.2 Å². The van der Waals surface area contributed by atoms with E-state index in [9.17, 15) is 26.3 Å². The van der Waals surface area contributed by atoms with Gasteiger partial charge in [-0.05, 0) is 24.3 Å². The van der Waals surface area contributed by atoms with E-state index in [-0.39, 0.29) is 14.7 Å². The Morgan fingerprint density at radius 1 is 0.556 bits per heavy atom. The van der Waals surface area contributed by atoms with Crippen LogP contribution in [0.5, 0.6) is 5.75 Å². The van der Waals surface area contributed by atoms with Gasteiger partial charge in [0.25, 0.3) is 0 Å². The molecule has 27 heavy (non-hydrogen) atoms. The van der Waals surface area contributed by atoms with Gasteiger partial charge in [0.15, 0.2) is 55.3 Å². The molecule has 0 radical (unpaired) electrons. The van der Waals surface area contributed by atoms with Crippen molar-refractivity contribution in [1.82, 2.24) is 0 Å². The Morgan fingerprint density at radius 3 is 1.33 bits per heavy atom. The van der Waals surface area contributed by atoms with Gasteiger partial charge in [0.1, 0.15) is 0 Å². The zero-order valence-corrected chi connectivity index (χ0v) is 14.5. The molecule has 0 spiro atoms. The minimum atomic E-state index is -1.43. The number of hydrogen-bond donors (Lipinski definition) is 0. The van der Waals surface area contributed by atoms with Crippen molar-refractivity contribution in [3.05, 3.63) is 83.4 Å². The highest BCUT2D eigenvalue weighted by molar-refractivity contribution is 7.97. The van der Waals surface area contributed by atoms with Crippen molar-refractivity contribution < 1.29 is 31.1 Å². The van der Waals surface area contributed by atoms with Crippen LogP contribution in [0, 0.1) is 34.9 Å². The molecule has 8 heteroatoms. The molecule has 0 aromatic heterocycles. The van der Waals surface area contributed by atoms with Gasteiger partial charge in [-0.25, -0.2) is 26.3 Å². The van der Waals surface area contributed by atoms with E-state index in [1.54, 1.807) is 0 Å². The van der Waals surface area contributed by atoms with Crippen LogP contribution in [0.3, 0.4) is 0 Å². The van der Waals surface area contributed by atoms with Crippen LogP contribution in [0.4, 0.5) is 26.3 Å². The Kier molecular flexibility index (Phi) is 5.36. The van der Waals surface area contributed by atoms with Crippen LogP contribution in [0.2, 0.25) is 0 Å². The summed E-state index contributed by atoms with van der Waals surface area (Å²) in [5.41, 5.74) is 0. The van der Waals surface area contributed by atoms with Crippen LogP contribution >= 0.6 is 0 Å². The monoisotopic (exact) mass is 401 g/mol. The summed E-state index contributed by atoms with van der Waals surface area (Å²) >= 11 is 0. The summed E-state index contributed by atoms with van der Waals surface area (Å²) in [4.78, 5) is 0.274. The quantitative estimate of drug-likeness (QED) is 0.407. The Bertz CT molecular complexity index is 933. The molecule has 1 nitrogen and oxygen atoms in total. The molecule has 0 saturated carbocycles. The molecule has 0 unspecified atom stereocenters. The van der Waals surface area contributed by atoms with Gasteiger partial charge in [0, 0.05) is 24.3 Å². The fraction of sp³-hybridized carbons (Fsp3) is 0.0526. The first-order chi connectivity index (χ1) is 12.8. The zero-order chi connectivity index (χ0) is 19.7. The predicted molar refractivity (Wildman–Crippen MR) is 87.8 cm³/mol. The maximum absolute atomic E-state index is 14.2. The van der Waals surface area contributed by atoms with E-state index in [1.165, 1.54) is 12.1 Å². The van der Waals surface area contributed by atoms with Crippen LogP contribution in [0.25, 0.3) is 0 Å². The molecule has 0 atom stereocenters. The molecule has 0 amide bonds. The first-order valence-electron chi connectivity index (χ1n) is 7.49. The maximum atomic E-state index is 14.2. The highest BCUT2D eigenvalue weighted by Crippen LogP contribution is 2.35. The molecule has 0 N–H and O–H groups in total. The van der Waals surface area contributed by atoms with Crippen molar-refractivity contribution in [2.24, 2.45) is 0 Å². The van der Waals surface area contributed by atoms with E-state index < -0.39 is 51.5 Å². The molecule has 140 valence electrons. The number of methoxy groups -OCH3 is 1. The van der Waals surface area contributed by atoms with Gasteiger partial charge in [-0.1, -0.05) is 0 Å². The summed E-state index contributed by atoms with van der Waals surface area (Å²) < 4.78 is 87.0. The minimum Gasteiger partial charge on any atom is -0.491 e. The molecule has 3 rings (SSSR count). The Balaban J connectivity index is 2.24. The van der Waals surface area contributed by atoms with Gasteiger partial charge < -0.3 is 4.74 Å². The SMILES string of the molecule is COc1c(F)cc([S+](c2ccc(F)c(F)c2)c2ccc(F)c(F)c2)cc1F. The minimum absolute atomic E-state index is 0.0165. The second-order valence-electron chi connectivity index (χ2n) is 5.38. The van der Waals surface area contributed by atoms with Crippen molar-refractivity contribution in [2.75, 3.05) is 7.11 Å². The molecule has 0 aliphatic heterocycles. The fourth-order valence-electron chi connectivity index (χ4n) is 2.47. The average Bonchev–Trinajstić information content (AvgIpc) is 2.61. The molecule has 0 saturated heterocycles. The highest BCUT2D eigenvalue weighted by atomic mass is 32.2. The van der Waals surface area contributed by atoms with Crippen molar-refractivity contribution in [3.8, 4) is 5.75 Å². The van der Waals surface area contributed by atoms with Crippen molar-refractivity contribution in [1.29, 1.82) is 0 Å². The van der Waals surface area contributed by atoms with E-state index >= 15 is 0 Å². The first kappa shape index (κ1) is 19.2. The molecule has 0 heterocycles. The summed E-state index contributed by atoms with van der Waals surface area (Å²) in [5, 5.41) is 0. The molecule has 0 aliphatic rings. The zero-order valence-electron chi connectivity index (χ0n) is 13.7. The fourth-order valence-corrected chi connectivity index (χ4v) is 4.58. The van der Waals surface area contributed by atoms with E-state index in [4.69, 9.17) is 0 Å². The standard InChI is InChI=1S/C19H11F6OS/c1-26-19-17(24)8-12(9-18(19)25)27(10-2-4-13(20)15(22)6-10)11-3-5-14(21)16(23)7-11/h2-9H,1H3/q+1. The Labute approximate surface area is 153 Å². The number of hydrogen-bond acceptors (Lipinski definition) is 1. The third-order valence-electron chi connectivity index (χ3n) is 3.67.